The Morgan fingerprint density at radius 1 is 1.24 bits per heavy atom. The number of hydrogen-bond donors (Lipinski definition) is 1. The molecule has 0 heterocycles. The van der Waals surface area contributed by atoms with Gasteiger partial charge in [0, 0.05) is 30.9 Å². The summed E-state index contributed by atoms with van der Waals surface area (Å²) in [5.41, 5.74) is 2.73. The molecule has 1 amide bonds. The smallest absolute Gasteiger partial charge is 0.229 e. The van der Waals surface area contributed by atoms with Gasteiger partial charge >= 0.3 is 0 Å². The molecular formula is C14H22N2O. The number of carbonyl (C=O) groups excluding carboxylic acids is 1. The van der Waals surface area contributed by atoms with Crippen molar-refractivity contribution >= 4 is 17.3 Å². The van der Waals surface area contributed by atoms with E-state index < -0.39 is 0 Å². The Balaban J connectivity index is 2.91. The molecule has 0 unspecified atom stereocenters. The van der Waals surface area contributed by atoms with Crippen LogP contribution in [0.3, 0.4) is 0 Å². The van der Waals surface area contributed by atoms with E-state index in [1.54, 1.807) is 0 Å². The topological polar surface area (TPSA) is 32.3 Å². The van der Waals surface area contributed by atoms with Crippen LogP contribution in [0.2, 0.25) is 0 Å². The van der Waals surface area contributed by atoms with Crippen molar-refractivity contribution in [1.29, 1.82) is 0 Å². The standard InChI is InChI=1S/C14H22N2O/c1-10-9-11(16(5)6)7-8-12(10)15-13(17)14(2,3)4/h7-9H,1-6H3,(H,15,17). The van der Waals surface area contributed by atoms with Crippen LogP contribution in [-0.2, 0) is 4.79 Å². The molecule has 0 aliphatic carbocycles. The summed E-state index contributed by atoms with van der Waals surface area (Å²) >= 11 is 0. The van der Waals surface area contributed by atoms with Gasteiger partial charge < -0.3 is 10.2 Å². The van der Waals surface area contributed by atoms with Gasteiger partial charge in [0.25, 0.3) is 0 Å². The number of anilines is 2. The summed E-state index contributed by atoms with van der Waals surface area (Å²) < 4.78 is 0. The van der Waals surface area contributed by atoms with Gasteiger partial charge in [-0.3, -0.25) is 4.79 Å². The van der Waals surface area contributed by atoms with E-state index in [4.69, 9.17) is 0 Å². The average Bonchev–Trinajstić information content (AvgIpc) is 2.19. The predicted molar refractivity (Wildman–Crippen MR) is 73.6 cm³/mol. The van der Waals surface area contributed by atoms with Crippen molar-refractivity contribution in [1.82, 2.24) is 0 Å². The zero-order chi connectivity index (χ0) is 13.2. The summed E-state index contributed by atoms with van der Waals surface area (Å²) in [6.07, 6.45) is 0. The molecule has 0 saturated heterocycles. The van der Waals surface area contributed by atoms with Crippen LogP contribution in [0.25, 0.3) is 0 Å². The second-order valence-corrected chi connectivity index (χ2v) is 5.60. The molecule has 0 spiro atoms. The summed E-state index contributed by atoms with van der Waals surface area (Å²) in [6.45, 7) is 7.73. The summed E-state index contributed by atoms with van der Waals surface area (Å²) in [4.78, 5) is 13.9. The minimum absolute atomic E-state index is 0.0400. The quantitative estimate of drug-likeness (QED) is 0.853. The highest BCUT2D eigenvalue weighted by Gasteiger charge is 2.21. The normalized spacial score (nSPS) is 11.2. The number of carbonyl (C=O) groups is 1. The van der Waals surface area contributed by atoms with Crippen molar-refractivity contribution in [3.05, 3.63) is 23.8 Å². The zero-order valence-corrected chi connectivity index (χ0v) is 11.6. The second-order valence-electron chi connectivity index (χ2n) is 5.60. The Hall–Kier alpha value is -1.51. The first kappa shape index (κ1) is 13.6. The van der Waals surface area contributed by atoms with E-state index in [2.05, 4.69) is 11.4 Å². The Kier molecular flexibility index (Phi) is 3.81. The van der Waals surface area contributed by atoms with Gasteiger partial charge in [-0.1, -0.05) is 20.8 Å². The van der Waals surface area contributed by atoms with Gasteiger partial charge in [-0.25, -0.2) is 0 Å². The van der Waals surface area contributed by atoms with Crippen LogP contribution >= 0.6 is 0 Å². The summed E-state index contributed by atoms with van der Waals surface area (Å²) in [6, 6.07) is 6.03. The van der Waals surface area contributed by atoms with Gasteiger partial charge in [0.15, 0.2) is 0 Å². The molecule has 1 N–H and O–H groups in total. The van der Waals surface area contributed by atoms with Gasteiger partial charge in [-0.05, 0) is 30.7 Å². The number of benzene rings is 1. The highest BCUT2D eigenvalue weighted by molar-refractivity contribution is 5.95. The number of rotatable bonds is 2. The van der Waals surface area contributed by atoms with Crippen molar-refractivity contribution in [2.45, 2.75) is 27.7 Å². The lowest BCUT2D eigenvalue weighted by Crippen LogP contribution is -2.27. The number of amides is 1. The molecular weight excluding hydrogens is 212 g/mol. The first-order valence-corrected chi connectivity index (χ1v) is 5.81. The molecule has 0 bridgehead atoms. The number of aryl methyl sites for hydroxylation is 1. The fourth-order valence-corrected chi connectivity index (χ4v) is 1.38. The predicted octanol–water partition coefficient (Wildman–Crippen LogP) is 3.05. The Morgan fingerprint density at radius 3 is 2.24 bits per heavy atom. The van der Waals surface area contributed by atoms with Crippen molar-refractivity contribution in [3.63, 3.8) is 0 Å². The van der Waals surface area contributed by atoms with E-state index in [1.165, 1.54) is 0 Å². The average molecular weight is 234 g/mol. The molecule has 3 heteroatoms. The monoisotopic (exact) mass is 234 g/mol. The molecule has 1 rings (SSSR count). The Morgan fingerprint density at radius 2 is 1.82 bits per heavy atom. The maximum Gasteiger partial charge on any atom is 0.229 e. The van der Waals surface area contributed by atoms with E-state index >= 15 is 0 Å². The SMILES string of the molecule is Cc1cc(N(C)C)ccc1NC(=O)C(C)(C)C. The maximum absolute atomic E-state index is 11.9. The summed E-state index contributed by atoms with van der Waals surface area (Å²) in [5.74, 6) is 0.0400. The van der Waals surface area contributed by atoms with E-state index in [0.717, 1.165) is 16.9 Å². The van der Waals surface area contributed by atoms with Crippen LogP contribution in [0.1, 0.15) is 26.3 Å². The Labute approximate surface area is 104 Å². The van der Waals surface area contributed by atoms with Gasteiger partial charge in [-0.15, -0.1) is 0 Å². The zero-order valence-electron chi connectivity index (χ0n) is 11.6. The largest absolute Gasteiger partial charge is 0.378 e. The van der Waals surface area contributed by atoms with Crippen LogP contribution in [0.4, 0.5) is 11.4 Å². The van der Waals surface area contributed by atoms with Crippen molar-refractivity contribution in [3.8, 4) is 0 Å². The molecule has 17 heavy (non-hydrogen) atoms. The van der Waals surface area contributed by atoms with E-state index in [9.17, 15) is 4.79 Å². The van der Waals surface area contributed by atoms with Gasteiger partial charge in [0.2, 0.25) is 5.91 Å². The lowest BCUT2D eigenvalue weighted by molar-refractivity contribution is -0.123. The van der Waals surface area contributed by atoms with Crippen LogP contribution in [0.15, 0.2) is 18.2 Å². The molecule has 1 aromatic carbocycles. The third-order valence-corrected chi connectivity index (χ3v) is 2.66. The minimum Gasteiger partial charge on any atom is -0.378 e. The second kappa shape index (κ2) is 4.78. The third kappa shape index (κ3) is 3.48. The fraction of sp³-hybridized carbons (Fsp3) is 0.500. The molecule has 0 aliphatic heterocycles. The van der Waals surface area contributed by atoms with E-state index in [-0.39, 0.29) is 11.3 Å². The molecule has 0 atom stereocenters. The first-order valence-electron chi connectivity index (χ1n) is 5.81. The molecule has 94 valence electrons. The number of hydrogen-bond acceptors (Lipinski definition) is 2. The van der Waals surface area contributed by atoms with Gasteiger partial charge in [0.05, 0.1) is 0 Å². The molecule has 0 aromatic heterocycles. The van der Waals surface area contributed by atoms with Crippen molar-refractivity contribution < 1.29 is 4.79 Å². The number of nitrogens with zero attached hydrogens (tertiary/aromatic N) is 1. The summed E-state index contributed by atoms with van der Waals surface area (Å²) in [7, 11) is 4.00. The van der Waals surface area contributed by atoms with Gasteiger partial charge in [-0.2, -0.15) is 0 Å². The van der Waals surface area contributed by atoms with Crippen LogP contribution in [-0.4, -0.2) is 20.0 Å². The highest BCUT2D eigenvalue weighted by atomic mass is 16.2. The van der Waals surface area contributed by atoms with Gasteiger partial charge in [0.1, 0.15) is 0 Å². The van der Waals surface area contributed by atoms with Crippen LogP contribution in [0, 0.1) is 12.3 Å². The van der Waals surface area contributed by atoms with Crippen LogP contribution < -0.4 is 10.2 Å². The molecule has 0 fully saturated rings. The Bertz CT molecular complexity index is 417. The molecule has 1 aromatic rings. The fourth-order valence-electron chi connectivity index (χ4n) is 1.38. The molecule has 0 saturated carbocycles. The molecule has 0 radical (unpaired) electrons. The molecule has 3 nitrogen and oxygen atoms in total. The highest BCUT2D eigenvalue weighted by Crippen LogP contribution is 2.23. The lowest BCUT2D eigenvalue weighted by Gasteiger charge is -2.20. The molecule has 0 aliphatic rings. The van der Waals surface area contributed by atoms with E-state index in [0.29, 0.717) is 0 Å². The first-order chi connectivity index (χ1) is 7.71. The lowest BCUT2D eigenvalue weighted by atomic mass is 9.95. The van der Waals surface area contributed by atoms with E-state index in [1.807, 2.05) is 58.8 Å². The third-order valence-electron chi connectivity index (χ3n) is 2.66. The van der Waals surface area contributed by atoms with Crippen molar-refractivity contribution in [2.75, 3.05) is 24.3 Å². The minimum atomic E-state index is -0.368. The van der Waals surface area contributed by atoms with Crippen molar-refractivity contribution in [2.24, 2.45) is 5.41 Å². The summed E-state index contributed by atoms with van der Waals surface area (Å²) in [5, 5.41) is 2.96. The van der Waals surface area contributed by atoms with Crippen LogP contribution in [0.5, 0.6) is 0 Å². The maximum atomic E-state index is 11.9. The number of nitrogens with one attached hydrogen (secondary N) is 1.